The van der Waals surface area contributed by atoms with Crippen molar-refractivity contribution >= 4 is 22.2 Å². The van der Waals surface area contributed by atoms with E-state index in [0.29, 0.717) is 0 Å². The van der Waals surface area contributed by atoms with E-state index in [1.54, 1.807) is 12.4 Å². The Morgan fingerprint density at radius 3 is 3.00 bits per heavy atom. The van der Waals surface area contributed by atoms with Crippen molar-refractivity contribution in [3.05, 3.63) is 41.7 Å². The van der Waals surface area contributed by atoms with Crippen molar-refractivity contribution in [2.45, 2.75) is 0 Å². The van der Waals surface area contributed by atoms with Gasteiger partial charge in [-0.05, 0) is 12.1 Å². The molecule has 0 bridgehead atoms. The van der Waals surface area contributed by atoms with Crippen molar-refractivity contribution in [3.8, 4) is 11.4 Å². The van der Waals surface area contributed by atoms with Gasteiger partial charge < -0.3 is 5.73 Å². The molecule has 3 rings (SSSR count). The Bertz CT molecular complexity index is 686. The van der Waals surface area contributed by atoms with Crippen LogP contribution < -0.4 is 5.73 Å². The van der Waals surface area contributed by atoms with Crippen LogP contribution in [0.25, 0.3) is 16.3 Å². The number of carbonyl (C=O) groups excluding carboxylic acids is 1. The first-order valence-corrected chi connectivity index (χ1v) is 5.81. The number of carbonyl (C=O) groups is 1. The summed E-state index contributed by atoms with van der Waals surface area (Å²) in [7, 11) is 0. The van der Waals surface area contributed by atoms with Crippen LogP contribution in [-0.2, 0) is 0 Å². The maximum absolute atomic E-state index is 11.1. The monoisotopic (exact) mass is 244 g/mol. The summed E-state index contributed by atoms with van der Waals surface area (Å²) in [6.07, 6.45) is 3.36. The summed E-state index contributed by atoms with van der Waals surface area (Å²) in [5.41, 5.74) is 7.22. The second kappa shape index (κ2) is 3.67. The predicted molar refractivity (Wildman–Crippen MR) is 64.8 cm³/mol. The van der Waals surface area contributed by atoms with Crippen molar-refractivity contribution in [1.82, 2.24) is 14.4 Å². The van der Waals surface area contributed by atoms with Gasteiger partial charge in [-0.25, -0.2) is 4.98 Å². The number of fused-ring (bicyclic) bond motifs is 1. The zero-order valence-corrected chi connectivity index (χ0v) is 9.52. The van der Waals surface area contributed by atoms with Crippen LogP contribution in [0.15, 0.2) is 36.0 Å². The summed E-state index contributed by atoms with van der Waals surface area (Å²) in [5.74, 6) is -0.520. The number of hydrogen-bond acceptors (Lipinski definition) is 4. The molecular weight excluding hydrogens is 236 g/mol. The first kappa shape index (κ1) is 9.98. The molecule has 2 N–H and O–H groups in total. The molecule has 0 unspecified atom stereocenters. The van der Waals surface area contributed by atoms with Gasteiger partial charge in [0.25, 0.3) is 5.91 Å². The summed E-state index contributed by atoms with van der Waals surface area (Å²) in [4.78, 5) is 20.2. The SMILES string of the molecule is NC(=O)c1cn2c(-c3ccccn3)csc2n1. The molecule has 84 valence electrons. The molecular formula is C11H8N4OS. The number of nitrogens with zero attached hydrogens (tertiary/aromatic N) is 3. The zero-order chi connectivity index (χ0) is 11.8. The van der Waals surface area contributed by atoms with Crippen LogP contribution in [0.5, 0.6) is 0 Å². The summed E-state index contributed by atoms with van der Waals surface area (Å²) in [6.45, 7) is 0. The third kappa shape index (κ3) is 1.58. The van der Waals surface area contributed by atoms with Crippen LogP contribution in [0.4, 0.5) is 0 Å². The van der Waals surface area contributed by atoms with E-state index in [0.717, 1.165) is 16.3 Å². The Hall–Kier alpha value is -2.21. The van der Waals surface area contributed by atoms with Crippen LogP contribution in [0, 0.1) is 0 Å². The van der Waals surface area contributed by atoms with Crippen LogP contribution in [-0.4, -0.2) is 20.3 Å². The highest BCUT2D eigenvalue weighted by Crippen LogP contribution is 2.24. The molecule has 0 fully saturated rings. The number of rotatable bonds is 2. The molecule has 0 atom stereocenters. The molecule has 0 saturated heterocycles. The topological polar surface area (TPSA) is 73.3 Å². The Labute approximate surface area is 101 Å². The number of primary amides is 1. The van der Waals surface area contributed by atoms with Crippen LogP contribution in [0.3, 0.4) is 0 Å². The molecule has 0 spiro atoms. The Morgan fingerprint density at radius 2 is 2.29 bits per heavy atom. The van der Waals surface area contributed by atoms with Gasteiger partial charge in [-0.2, -0.15) is 0 Å². The lowest BCUT2D eigenvalue weighted by atomic mass is 10.3. The van der Waals surface area contributed by atoms with E-state index >= 15 is 0 Å². The highest BCUT2D eigenvalue weighted by atomic mass is 32.1. The Morgan fingerprint density at radius 1 is 1.41 bits per heavy atom. The fourth-order valence-corrected chi connectivity index (χ4v) is 2.47. The molecule has 0 saturated carbocycles. The third-order valence-electron chi connectivity index (χ3n) is 2.39. The molecule has 5 nitrogen and oxygen atoms in total. The first-order valence-electron chi connectivity index (χ1n) is 4.93. The highest BCUT2D eigenvalue weighted by molar-refractivity contribution is 7.15. The summed E-state index contributed by atoms with van der Waals surface area (Å²) >= 11 is 1.45. The van der Waals surface area contributed by atoms with Gasteiger partial charge in [0.2, 0.25) is 0 Å². The van der Waals surface area contributed by atoms with Crippen molar-refractivity contribution in [2.24, 2.45) is 5.73 Å². The number of amides is 1. The minimum atomic E-state index is -0.520. The van der Waals surface area contributed by atoms with Gasteiger partial charge >= 0.3 is 0 Å². The molecule has 1 amide bonds. The van der Waals surface area contributed by atoms with Crippen molar-refractivity contribution in [2.75, 3.05) is 0 Å². The van der Waals surface area contributed by atoms with E-state index in [-0.39, 0.29) is 5.69 Å². The van der Waals surface area contributed by atoms with Crippen molar-refractivity contribution in [1.29, 1.82) is 0 Å². The van der Waals surface area contributed by atoms with Gasteiger partial charge in [-0.3, -0.25) is 14.2 Å². The Kier molecular flexibility index (Phi) is 2.15. The van der Waals surface area contributed by atoms with Gasteiger partial charge in [0.15, 0.2) is 4.96 Å². The van der Waals surface area contributed by atoms with Gasteiger partial charge in [-0.15, -0.1) is 11.3 Å². The molecule has 6 heteroatoms. The Balaban J connectivity index is 2.21. The number of nitrogens with two attached hydrogens (primary N) is 1. The maximum Gasteiger partial charge on any atom is 0.268 e. The molecule has 0 radical (unpaired) electrons. The molecule has 0 aliphatic rings. The number of hydrogen-bond donors (Lipinski definition) is 1. The summed E-state index contributed by atoms with van der Waals surface area (Å²) < 4.78 is 1.83. The van der Waals surface area contributed by atoms with E-state index in [9.17, 15) is 4.79 Å². The summed E-state index contributed by atoms with van der Waals surface area (Å²) in [5, 5.41) is 1.95. The van der Waals surface area contributed by atoms with Crippen LogP contribution in [0.2, 0.25) is 0 Å². The number of thiazole rings is 1. The molecule has 0 aliphatic heterocycles. The third-order valence-corrected chi connectivity index (χ3v) is 3.23. The van der Waals surface area contributed by atoms with E-state index in [4.69, 9.17) is 5.73 Å². The molecule has 17 heavy (non-hydrogen) atoms. The average Bonchev–Trinajstić information content (AvgIpc) is 2.89. The van der Waals surface area contributed by atoms with E-state index in [2.05, 4.69) is 9.97 Å². The summed E-state index contributed by atoms with van der Waals surface area (Å²) in [6, 6.07) is 5.68. The van der Waals surface area contributed by atoms with E-state index < -0.39 is 5.91 Å². The molecule has 3 aromatic heterocycles. The van der Waals surface area contributed by atoms with Crippen LogP contribution >= 0.6 is 11.3 Å². The van der Waals surface area contributed by atoms with Gasteiger partial charge in [0.05, 0.1) is 11.4 Å². The first-order chi connectivity index (χ1) is 8.25. The minimum absolute atomic E-state index is 0.272. The smallest absolute Gasteiger partial charge is 0.268 e. The maximum atomic E-state index is 11.1. The van der Waals surface area contributed by atoms with Gasteiger partial charge in [-0.1, -0.05) is 6.07 Å². The lowest BCUT2D eigenvalue weighted by Crippen LogP contribution is -2.10. The highest BCUT2D eigenvalue weighted by Gasteiger charge is 2.12. The molecule has 0 aromatic carbocycles. The standard InChI is InChI=1S/C11H8N4OS/c12-10(16)8-5-15-9(6-17-11(15)14-8)7-3-1-2-4-13-7/h1-6H,(H2,12,16). The number of pyridine rings is 1. The number of imidazole rings is 1. The molecule has 3 heterocycles. The van der Waals surface area contributed by atoms with Gasteiger partial charge in [0, 0.05) is 17.8 Å². The fourth-order valence-electron chi connectivity index (χ4n) is 1.60. The minimum Gasteiger partial charge on any atom is -0.364 e. The number of aromatic nitrogens is 3. The molecule has 0 aliphatic carbocycles. The lowest BCUT2D eigenvalue weighted by Gasteiger charge is -1.96. The van der Waals surface area contributed by atoms with Crippen molar-refractivity contribution < 1.29 is 4.79 Å². The molecule has 3 aromatic rings. The fraction of sp³-hybridized carbons (Fsp3) is 0. The second-order valence-corrected chi connectivity index (χ2v) is 4.32. The quantitative estimate of drug-likeness (QED) is 0.743. The predicted octanol–water partition coefficient (Wildman–Crippen LogP) is 1.56. The van der Waals surface area contributed by atoms with E-state index in [1.165, 1.54) is 11.3 Å². The van der Waals surface area contributed by atoms with E-state index in [1.807, 2.05) is 28.0 Å². The lowest BCUT2D eigenvalue weighted by molar-refractivity contribution is 0.0996. The second-order valence-electron chi connectivity index (χ2n) is 3.48. The van der Waals surface area contributed by atoms with Crippen LogP contribution in [0.1, 0.15) is 10.5 Å². The van der Waals surface area contributed by atoms with Crippen molar-refractivity contribution in [3.63, 3.8) is 0 Å². The largest absolute Gasteiger partial charge is 0.364 e. The van der Waals surface area contributed by atoms with Gasteiger partial charge in [0.1, 0.15) is 5.69 Å². The average molecular weight is 244 g/mol. The normalized spacial score (nSPS) is 10.8. The zero-order valence-electron chi connectivity index (χ0n) is 8.70.